The van der Waals surface area contributed by atoms with Gasteiger partial charge in [0, 0.05) is 0 Å². The van der Waals surface area contributed by atoms with Gasteiger partial charge in [0.05, 0.1) is 6.42 Å². The maximum absolute atomic E-state index is 10.0. The van der Waals surface area contributed by atoms with Crippen LogP contribution in [-0.2, 0) is 9.53 Å². The quantitative estimate of drug-likeness (QED) is 0.472. The van der Waals surface area contributed by atoms with Crippen molar-refractivity contribution in [2.75, 3.05) is 6.26 Å². The third-order valence-corrected chi connectivity index (χ3v) is 1.65. The summed E-state index contributed by atoms with van der Waals surface area (Å²) in [5.74, 6) is -0.0700. The van der Waals surface area contributed by atoms with E-state index in [1.54, 1.807) is 11.8 Å². The highest BCUT2D eigenvalue weighted by atomic mass is 32.2. The maximum Gasteiger partial charge on any atom is 0.311 e. The SMILES string of the molecule is CSC1CC(=O)O1. The minimum atomic E-state index is -0.0700. The van der Waals surface area contributed by atoms with E-state index in [0.29, 0.717) is 6.42 Å². The zero-order chi connectivity index (χ0) is 5.28. The molecule has 1 aliphatic rings. The molecule has 0 bridgehead atoms. The van der Waals surface area contributed by atoms with Crippen molar-refractivity contribution >= 4 is 17.7 Å². The fourth-order valence-electron chi connectivity index (χ4n) is 0.405. The Bertz CT molecular complexity index is 83.7. The van der Waals surface area contributed by atoms with Gasteiger partial charge in [-0.1, -0.05) is 0 Å². The maximum atomic E-state index is 10.0. The lowest BCUT2D eigenvalue weighted by molar-refractivity contribution is -0.160. The van der Waals surface area contributed by atoms with E-state index in [2.05, 4.69) is 4.74 Å². The summed E-state index contributed by atoms with van der Waals surface area (Å²) in [5, 5.41) is 0. The molecule has 0 aromatic heterocycles. The monoisotopic (exact) mass is 118 g/mol. The summed E-state index contributed by atoms with van der Waals surface area (Å²) in [7, 11) is 0. The Kier molecular flexibility index (Phi) is 1.23. The van der Waals surface area contributed by atoms with E-state index < -0.39 is 0 Å². The van der Waals surface area contributed by atoms with Gasteiger partial charge in [-0.25, -0.2) is 0 Å². The molecule has 1 fully saturated rings. The predicted octanol–water partition coefficient (Wildman–Crippen LogP) is 0.622. The van der Waals surface area contributed by atoms with Gasteiger partial charge in [-0.2, -0.15) is 0 Å². The highest BCUT2D eigenvalue weighted by Crippen LogP contribution is 2.22. The standard InChI is InChI=1S/C4H6O2S/c1-7-4-2-3(5)6-4/h4H,2H2,1H3. The van der Waals surface area contributed by atoms with Crippen molar-refractivity contribution in [2.24, 2.45) is 0 Å². The van der Waals surface area contributed by atoms with Gasteiger partial charge in [-0.3, -0.25) is 4.79 Å². The summed E-state index contributed by atoms with van der Waals surface area (Å²) >= 11 is 1.57. The molecule has 0 N–H and O–H groups in total. The van der Waals surface area contributed by atoms with Crippen molar-refractivity contribution in [3.8, 4) is 0 Å². The molecule has 40 valence electrons. The van der Waals surface area contributed by atoms with Gasteiger partial charge in [-0.15, -0.1) is 11.8 Å². The summed E-state index contributed by atoms with van der Waals surface area (Å²) in [6.07, 6.45) is 2.53. The molecule has 2 nitrogen and oxygen atoms in total. The Hall–Kier alpha value is -0.180. The topological polar surface area (TPSA) is 26.3 Å². The molecule has 0 saturated carbocycles. The molecule has 1 unspecified atom stereocenters. The van der Waals surface area contributed by atoms with Gasteiger partial charge in [0.25, 0.3) is 0 Å². The zero-order valence-corrected chi connectivity index (χ0v) is 4.83. The van der Waals surface area contributed by atoms with E-state index in [-0.39, 0.29) is 11.4 Å². The van der Waals surface area contributed by atoms with Crippen LogP contribution in [0.3, 0.4) is 0 Å². The molecule has 0 radical (unpaired) electrons. The molecule has 0 spiro atoms. The first-order chi connectivity index (χ1) is 3.33. The van der Waals surface area contributed by atoms with Crippen molar-refractivity contribution in [3.05, 3.63) is 0 Å². The van der Waals surface area contributed by atoms with E-state index in [4.69, 9.17) is 0 Å². The molecular formula is C4H6O2S. The second-order valence-electron chi connectivity index (χ2n) is 1.36. The van der Waals surface area contributed by atoms with E-state index >= 15 is 0 Å². The second kappa shape index (κ2) is 1.74. The number of cyclic esters (lactones) is 1. The average Bonchev–Trinajstić information content (AvgIpc) is 1.58. The fraction of sp³-hybridized carbons (Fsp3) is 0.750. The largest absolute Gasteiger partial charge is 0.451 e. The fourth-order valence-corrected chi connectivity index (χ4v) is 0.911. The highest BCUT2D eigenvalue weighted by molar-refractivity contribution is 7.99. The third kappa shape index (κ3) is 0.881. The molecular weight excluding hydrogens is 112 g/mol. The van der Waals surface area contributed by atoms with Crippen LogP contribution in [-0.4, -0.2) is 17.7 Å². The molecule has 1 atom stereocenters. The summed E-state index contributed by atoms with van der Waals surface area (Å²) in [6, 6.07) is 0. The van der Waals surface area contributed by atoms with E-state index in [1.807, 2.05) is 6.26 Å². The minimum absolute atomic E-state index is 0.0700. The van der Waals surface area contributed by atoms with Crippen LogP contribution >= 0.6 is 11.8 Å². The van der Waals surface area contributed by atoms with Gasteiger partial charge < -0.3 is 4.74 Å². The molecule has 1 saturated heterocycles. The third-order valence-electron chi connectivity index (χ3n) is 0.859. The first-order valence-electron chi connectivity index (χ1n) is 2.05. The molecule has 0 amide bonds. The lowest BCUT2D eigenvalue weighted by atomic mass is 10.4. The number of rotatable bonds is 1. The molecule has 0 aromatic rings. The van der Waals surface area contributed by atoms with Crippen molar-refractivity contribution in [1.29, 1.82) is 0 Å². The molecule has 3 heteroatoms. The van der Waals surface area contributed by atoms with E-state index in [9.17, 15) is 4.79 Å². The number of hydrogen-bond acceptors (Lipinski definition) is 3. The molecule has 1 rings (SSSR count). The average molecular weight is 118 g/mol. The van der Waals surface area contributed by atoms with E-state index in [1.165, 1.54) is 0 Å². The predicted molar refractivity (Wildman–Crippen MR) is 28.0 cm³/mol. The summed E-state index contributed by atoms with van der Waals surface area (Å²) in [6.45, 7) is 0. The van der Waals surface area contributed by atoms with Crippen LogP contribution in [0.5, 0.6) is 0 Å². The molecule has 1 heterocycles. The Balaban J connectivity index is 2.17. The van der Waals surface area contributed by atoms with Gasteiger partial charge in [0.15, 0.2) is 5.44 Å². The van der Waals surface area contributed by atoms with Gasteiger partial charge in [0.1, 0.15) is 0 Å². The number of esters is 1. The number of carbonyl (C=O) groups is 1. The smallest absolute Gasteiger partial charge is 0.311 e. The molecule has 0 aromatic carbocycles. The number of carbonyl (C=O) groups excluding carboxylic acids is 1. The van der Waals surface area contributed by atoms with Crippen LogP contribution in [0.15, 0.2) is 0 Å². The van der Waals surface area contributed by atoms with Crippen LogP contribution in [0.1, 0.15) is 6.42 Å². The summed E-state index contributed by atoms with van der Waals surface area (Å²) < 4.78 is 4.61. The molecule has 7 heavy (non-hydrogen) atoms. The highest BCUT2D eigenvalue weighted by Gasteiger charge is 2.26. The number of ether oxygens (including phenoxy) is 1. The second-order valence-corrected chi connectivity index (χ2v) is 2.36. The van der Waals surface area contributed by atoms with Gasteiger partial charge >= 0.3 is 5.97 Å². The van der Waals surface area contributed by atoms with Crippen molar-refractivity contribution in [1.82, 2.24) is 0 Å². The van der Waals surface area contributed by atoms with Gasteiger partial charge in [-0.05, 0) is 6.26 Å². The lowest BCUT2D eigenvalue weighted by Gasteiger charge is -2.22. The Morgan fingerprint density at radius 2 is 2.57 bits per heavy atom. The number of thioether (sulfide) groups is 1. The Labute approximate surface area is 46.2 Å². The molecule has 0 aliphatic carbocycles. The van der Waals surface area contributed by atoms with Crippen LogP contribution in [0.2, 0.25) is 0 Å². The Morgan fingerprint density at radius 1 is 2.00 bits per heavy atom. The Morgan fingerprint density at radius 3 is 2.71 bits per heavy atom. The van der Waals surface area contributed by atoms with Crippen LogP contribution in [0.4, 0.5) is 0 Å². The van der Waals surface area contributed by atoms with Crippen molar-refractivity contribution in [3.63, 3.8) is 0 Å². The first kappa shape index (κ1) is 4.97. The van der Waals surface area contributed by atoms with E-state index in [0.717, 1.165) is 0 Å². The van der Waals surface area contributed by atoms with Crippen LogP contribution in [0, 0.1) is 0 Å². The van der Waals surface area contributed by atoms with Crippen molar-refractivity contribution < 1.29 is 9.53 Å². The minimum Gasteiger partial charge on any atom is -0.451 e. The lowest BCUT2D eigenvalue weighted by Crippen LogP contribution is -2.29. The zero-order valence-electron chi connectivity index (χ0n) is 4.01. The first-order valence-corrected chi connectivity index (χ1v) is 3.34. The summed E-state index contributed by atoms with van der Waals surface area (Å²) in [5.41, 5.74) is 0.160. The van der Waals surface area contributed by atoms with Gasteiger partial charge in [0.2, 0.25) is 0 Å². The van der Waals surface area contributed by atoms with Crippen LogP contribution < -0.4 is 0 Å². The normalized spacial score (nSPS) is 28.7. The molecule has 1 aliphatic heterocycles. The van der Waals surface area contributed by atoms with Crippen LogP contribution in [0.25, 0.3) is 0 Å². The van der Waals surface area contributed by atoms with Crippen molar-refractivity contribution in [2.45, 2.75) is 11.9 Å². The number of hydrogen-bond donors (Lipinski definition) is 0. The summed E-state index contributed by atoms with van der Waals surface area (Å²) in [4.78, 5) is 10.0.